The van der Waals surface area contributed by atoms with Crippen molar-refractivity contribution in [2.75, 3.05) is 26.2 Å². The van der Waals surface area contributed by atoms with Gasteiger partial charge < -0.3 is 14.4 Å². The van der Waals surface area contributed by atoms with E-state index in [2.05, 4.69) is 0 Å². The summed E-state index contributed by atoms with van der Waals surface area (Å²) in [4.78, 5) is 14.2. The first-order chi connectivity index (χ1) is 15.8. The predicted octanol–water partition coefficient (Wildman–Crippen LogP) is 3.57. The Kier molecular flexibility index (Phi) is 6.53. The molecule has 1 aromatic heterocycles. The van der Waals surface area contributed by atoms with Crippen molar-refractivity contribution >= 4 is 15.9 Å². The first kappa shape index (κ1) is 23.0. The monoisotopic (exact) mass is 472 g/mol. The number of amides is 1. The van der Waals surface area contributed by atoms with E-state index in [0.29, 0.717) is 23.5 Å². The number of hydrogen-bond acceptors (Lipinski definition) is 5. The van der Waals surface area contributed by atoms with Gasteiger partial charge in [-0.05, 0) is 48.9 Å². The molecule has 1 aliphatic heterocycles. The van der Waals surface area contributed by atoms with Gasteiger partial charge in [0.2, 0.25) is 15.9 Å². The average molecular weight is 473 g/mol. The minimum absolute atomic E-state index is 0.103. The second kappa shape index (κ2) is 9.36. The number of rotatable bonds is 6. The van der Waals surface area contributed by atoms with Crippen molar-refractivity contribution < 1.29 is 27.1 Å². The highest BCUT2D eigenvalue weighted by atomic mass is 32.2. The Balaban J connectivity index is 1.33. The Bertz CT molecular complexity index is 1260. The third-order valence-corrected chi connectivity index (χ3v) is 7.64. The van der Waals surface area contributed by atoms with Gasteiger partial charge in [0.1, 0.15) is 28.0 Å². The van der Waals surface area contributed by atoms with Gasteiger partial charge in [-0.1, -0.05) is 18.2 Å². The normalized spacial score (nSPS) is 15.0. The summed E-state index contributed by atoms with van der Waals surface area (Å²) in [5, 5.41) is 10.0. The smallest absolute Gasteiger partial charge is 0.246 e. The molecule has 0 unspecified atom stereocenters. The zero-order chi connectivity index (χ0) is 23.6. The summed E-state index contributed by atoms with van der Waals surface area (Å²) in [5.41, 5.74) is 1.10. The Hall–Kier alpha value is -3.17. The molecule has 4 rings (SSSR count). The molecule has 1 fully saturated rings. The van der Waals surface area contributed by atoms with Crippen molar-refractivity contribution in [1.29, 1.82) is 0 Å². The molecule has 0 aliphatic carbocycles. The Morgan fingerprint density at radius 2 is 1.79 bits per heavy atom. The highest BCUT2D eigenvalue weighted by molar-refractivity contribution is 7.89. The maximum atomic E-state index is 13.9. The Morgan fingerprint density at radius 3 is 2.52 bits per heavy atom. The van der Waals surface area contributed by atoms with Gasteiger partial charge in [0.05, 0.1) is 5.56 Å². The maximum Gasteiger partial charge on any atom is 0.246 e. The topological polar surface area (TPSA) is 91.1 Å². The van der Waals surface area contributed by atoms with Crippen LogP contribution < -0.4 is 0 Å². The number of nitrogens with zero attached hydrogens (tertiary/aromatic N) is 2. The van der Waals surface area contributed by atoms with Crippen LogP contribution in [0.3, 0.4) is 0 Å². The van der Waals surface area contributed by atoms with Crippen LogP contribution in [0.2, 0.25) is 0 Å². The number of sulfonamides is 1. The molecule has 1 amide bonds. The molecule has 0 spiro atoms. The molecule has 2 aromatic carbocycles. The fraction of sp³-hybridized carbons (Fsp3) is 0.292. The largest absolute Gasteiger partial charge is 0.507 e. The van der Waals surface area contributed by atoms with E-state index in [1.807, 2.05) is 0 Å². The third kappa shape index (κ3) is 4.94. The summed E-state index contributed by atoms with van der Waals surface area (Å²) in [6.07, 6.45) is 0.568. The number of halogens is 1. The molecule has 0 radical (unpaired) electrons. The lowest BCUT2D eigenvalue weighted by Gasteiger charge is -2.34. The number of phenols is 1. The second-order valence-electron chi connectivity index (χ2n) is 8.00. The van der Waals surface area contributed by atoms with E-state index >= 15 is 0 Å². The van der Waals surface area contributed by atoms with Crippen LogP contribution in [0.5, 0.6) is 5.75 Å². The van der Waals surface area contributed by atoms with Gasteiger partial charge in [-0.2, -0.15) is 4.31 Å². The van der Waals surface area contributed by atoms with Crippen LogP contribution in [0, 0.1) is 12.7 Å². The van der Waals surface area contributed by atoms with E-state index in [1.54, 1.807) is 48.2 Å². The number of phenolic OH excluding ortho intramolecular Hbond substituents is 1. The van der Waals surface area contributed by atoms with E-state index in [-0.39, 0.29) is 55.0 Å². The van der Waals surface area contributed by atoms with Gasteiger partial charge in [-0.25, -0.2) is 12.8 Å². The number of hydrogen-bond donors (Lipinski definition) is 1. The number of piperazine rings is 1. The van der Waals surface area contributed by atoms with Gasteiger partial charge >= 0.3 is 0 Å². The zero-order valence-corrected chi connectivity index (χ0v) is 19.0. The highest BCUT2D eigenvalue weighted by Gasteiger charge is 2.31. The van der Waals surface area contributed by atoms with Crippen LogP contribution in [0.4, 0.5) is 4.39 Å². The minimum atomic E-state index is -3.85. The van der Waals surface area contributed by atoms with Crippen LogP contribution in [0.1, 0.15) is 17.7 Å². The maximum absolute atomic E-state index is 13.9. The van der Waals surface area contributed by atoms with Crippen LogP contribution in [-0.4, -0.2) is 54.8 Å². The highest BCUT2D eigenvalue weighted by Crippen LogP contribution is 2.28. The summed E-state index contributed by atoms with van der Waals surface area (Å²) in [5.74, 6) is 0.231. The van der Waals surface area contributed by atoms with E-state index in [0.717, 1.165) is 5.56 Å². The van der Waals surface area contributed by atoms with E-state index in [1.165, 1.54) is 22.5 Å². The van der Waals surface area contributed by atoms with Gasteiger partial charge in [-0.3, -0.25) is 4.79 Å². The molecule has 9 heteroatoms. The molecule has 0 saturated carbocycles. The fourth-order valence-electron chi connectivity index (χ4n) is 3.85. The number of aryl methyl sites for hydroxylation is 2. The summed E-state index contributed by atoms with van der Waals surface area (Å²) < 4.78 is 46.7. The number of benzene rings is 2. The lowest BCUT2D eigenvalue weighted by atomic mass is 10.1. The minimum Gasteiger partial charge on any atom is -0.507 e. The summed E-state index contributed by atoms with van der Waals surface area (Å²) in [7, 11) is -3.85. The first-order valence-corrected chi connectivity index (χ1v) is 12.1. The Labute approximate surface area is 192 Å². The molecule has 3 aromatic rings. The quantitative estimate of drug-likeness (QED) is 0.592. The van der Waals surface area contributed by atoms with Crippen LogP contribution in [0.25, 0.3) is 11.3 Å². The molecule has 0 atom stereocenters. The molecular weight excluding hydrogens is 447 g/mol. The molecule has 1 N–H and O–H groups in total. The van der Waals surface area contributed by atoms with Crippen molar-refractivity contribution in [1.82, 2.24) is 9.21 Å². The van der Waals surface area contributed by atoms with Gasteiger partial charge in [0, 0.05) is 39.0 Å². The molecule has 33 heavy (non-hydrogen) atoms. The van der Waals surface area contributed by atoms with Gasteiger partial charge in [0.15, 0.2) is 0 Å². The molecule has 0 bridgehead atoms. The first-order valence-electron chi connectivity index (χ1n) is 10.7. The van der Waals surface area contributed by atoms with Crippen molar-refractivity contribution in [3.8, 4) is 17.1 Å². The third-order valence-electron chi connectivity index (χ3n) is 5.71. The molecule has 2 heterocycles. The van der Waals surface area contributed by atoms with Crippen molar-refractivity contribution in [3.05, 3.63) is 71.7 Å². The second-order valence-corrected chi connectivity index (χ2v) is 9.91. The fourth-order valence-corrected chi connectivity index (χ4v) is 5.44. The summed E-state index contributed by atoms with van der Waals surface area (Å²) >= 11 is 0. The molecule has 1 aliphatic rings. The molecule has 1 saturated heterocycles. The van der Waals surface area contributed by atoms with Gasteiger partial charge in [0.25, 0.3) is 0 Å². The van der Waals surface area contributed by atoms with Crippen LogP contribution >= 0.6 is 0 Å². The Morgan fingerprint density at radius 1 is 1.06 bits per heavy atom. The molecular formula is C24H25FN2O5S. The standard InChI is InChI=1S/C24H25FN2O5S/c1-17-6-9-21(28)23(16-17)33(30,31)27-14-12-26(13-15-27)24(29)11-8-18-7-10-22(32-18)19-4-2-3-5-20(19)25/h2-7,9-10,16,28H,8,11-15H2,1H3. The number of carbonyl (C=O) groups is 1. The number of carbonyl (C=O) groups excluding carboxylic acids is 1. The SMILES string of the molecule is Cc1ccc(O)c(S(=O)(=O)N2CCN(C(=O)CCc3ccc(-c4ccccc4F)o3)CC2)c1. The lowest BCUT2D eigenvalue weighted by molar-refractivity contribution is -0.132. The number of aromatic hydroxyl groups is 1. The zero-order valence-electron chi connectivity index (χ0n) is 18.2. The predicted molar refractivity (Wildman–Crippen MR) is 121 cm³/mol. The summed E-state index contributed by atoms with van der Waals surface area (Å²) in [6, 6.07) is 14.2. The van der Waals surface area contributed by atoms with Crippen molar-refractivity contribution in [3.63, 3.8) is 0 Å². The van der Waals surface area contributed by atoms with Crippen LogP contribution in [0.15, 0.2) is 63.9 Å². The lowest BCUT2D eigenvalue weighted by Crippen LogP contribution is -2.50. The summed E-state index contributed by atoms with van der Waals surface area (Å²) in [6.45, 7) is 2.60. The molecule has 7 nitrogen and oxygen atoms in total. The molecule has 174 valence electrons. The van der Waals surface area contributed by atoms with E-state index in [4.69, 9.17) is 4.42 Å². The van der Waals surface area contributed by atoms with Crippen molar-refractivity contribution in [2.24, 2.45) is 0 Å². The van der Waals surface area contributed by atoms with E-state index < -0.39 is 10.0 Å². The van der Waals surface area contributed by atoms with Crippen LogP contribution in [-0.2, 0) is 21.2 Å². The van der Waals surface area contributed by atoms with Crippen molar-refractivity contribution in [2.45, 2.75) is 24.7 Å². The number of furan rings is 1. The average Bonchev–Trinajstić information content (AvgIpc) is 3.28. The van der Waals surface area contributed by atoms with E-state index in [9.17, 15) is 22.7 Å². The van der Waals surface area contributed by atoms with Gasteiger partial charge in [-0.15, -0.1) is 0 Å².